The molecule has 4 nitrogen and oxygen atoms in total. The number of aryl methyl sites for hydroxylation is 4. The molecule has 0 saturated heterocycles. The van der Waals surface area contributed by atoms with Crippen LogP contribution in [0.3, 0.4) is 0 Å². The SMILES string of the molecule is CC(=O)OC(C(=O)O)(c1c(C)cccc1C)c1c(C)cccc1C. The van der Waals surface area contributed by atoms with Crippen molar-refractivity contribution < 1.29 is 19.4 Å². The van der Waals surface area contributed by atoms with Crippen LogP contribution in [0, 0.1) is 27.7 Å². The van der Waals surface area contributed by atoms with Crippen molar-refractivity contribution in [3.8, 4) is 0 Å². The van der Waals surface area contributed by atoms with Gasteiger partial charge in [0.1, 0.15) is 0 Å². The summed E-state index contributed by atoms with van der Waals surface area (Å²) in [6.07, 6.45) is 0. The summed E-state index contributed by atoms with van der Waals surface area (Å²) >= 11 is 0. The summed E-state index contributed by atoms with van der Waals surface area (Å²) in [6, 6.07) is 11.0. The second-order valence-corrected chi connectivity index (χ2v) is 6.11. The van der Waals surface area contributed by atoms with Gasteiger partial charge in [0.25, 0.3) is 5.60 Å². The lowest BCUT2D eigenvalue weighted by molar-refractivity contribution is -0.173. The Balaban J connectivity index is 3.00. The first kappa shape index (κ1) is 17.7. The summed E-state index contributed by atoms with van der Waals surface area (Å²) in [5, 5.41) is 10.2. The van der Waals surface area contributed by atoms with E-state index in [2.05, 4.69) is 0 Å². The third-order valence-corrected chi connectivity index (χ3v) is 4.26. The Morgan fingerprint density at radius 1 is 0.833 bits per heavy atom. The third kappa shape index (κ3) is 2.80. The molecule has 0 atom stereocenters. The lowest BCUT2D eigenvalue weighted by Crippen LogP contribution is -2.43. The molecule has 2 aromatic rings. The van der Waals surface area contributed by atoms with E-state index >= 15 is 0 Å². The summed E-state index contributed by atoms with van der Waals surface area (Å²) < 4.78 is 5.56. The Morgan fingerprint density at radius 3 is 1.42 bits per heavy atom. The van der Waals surface area contributed by atoms with Crippen LogP contribution in [-0.4, -0.2) is 17.0 Å². The van der Waals surface area contributed by atoms with E-state index in [0.29, 0.717) is 11.1 Å². The molecule has 0 aliphatic rings. The van der Waals surface area contributed by atoms with Crippen molar-refractivity contribution in [3.63, 3.8) is 0 Å². The summed E-state index contributed by atoms with van der Waals surface area (Å²) in [4.78, 5) is 24.4. The van der Waals surface area contributed by atoms with Gasteiger partial charge in [0.15, 0.2) is 0 Å². The number of esters is 1. The Kier molecular flexibility index (Phi) is 4.78. The molecular formula is C20H22O4. The van der Waals surface area contributed by atoms with Crippen LogP contribution in [0.25, 0.3) is 0 Å². The molecule has 1 N–H and O–H groups in total. The van der Waals surface area contributed by atoms with Crippen LogP contribution in [0.5, 0.6) is 0 Å². The largest absolute Gasteiger partial charge is 0.478 e. The van der Waals surface area contributed by atoms with Crippen molar-refractivity contribution >= 4 is 11.9 Å². The zero-order valence-electron chi connectivity index (χ0n) is 14.6. The summed E-state index contributed by atoms with van der Waals surface area (Å²) in [7, 11) is 0. The minimum Gasteiger partial charge on any atom is -0.478 e. The highest BCUT2D eigenvalue weighted by molar-refractivity contribution is 5.89. The Labute approximate surface area is 142 Å². The number of hydrogen-bond donors (Lipinski definition) is 1. The molecule has 0 saturated carbocycles. The Morgan fingerprint density at radius 2 is 1.17 bits per heavy atom. The van der Waals surface area contributed by atoms with Crippen LogP contribution in [0.2, 0.25) is 0 Å². The maximum Gasteiger partial charge on any atom is 0.357 e. The van der Waals surface area contributed by atoms with Crippen molar-refractivity contribution in [3.05, 3.63) is 69.8 Å². The highest BCUT2D eigenvalue weighted by atomic mass is 16.6. The molecule has 0 radical (unpaired) electrons. The van der Waals surface area contributed by atoms with Crippen molar-refractivity contribution in [1.82, 2.24) is 0 Å². The molecule has 0 amide bonds. The molecule has 0 aliphatic heterocycles. The molecule has 126 valence electrons. The summed E-state index contributed by atoms with van der Waals surface area (Å²) in [5.41, 5.74) is 2.21. The second-order valence-electron chi connectivity index (χ2n) is 6.11. The standard InChI is InChI=1S/C20H22O4/c1-12-8-6-9-13(2)17(12)20(19(22)23,24-16(5)21)18-14(3)10-7-11-15(18)4/h6-11H,1-5H3,(H,22,23). The molecule has 2 rings (SSSR count). The quantitative estimate of drug-likeness (QED) is 0.868. The number of benzene rings is 2. The lowest BCUT2D eigenvalue weighted by atomic mass is 9.77. The highest BCUT2D eigenvalue weighted by Gasteiger charge is 2.49. The van der Waals surface area contributed by atoms with Crippen molar-refractivity contribution in [2.24, 2.45) is 0 Å². The maximum atomic E-state index is 12.5. The Bertz CT molecular complexity index is 713. The fraction of sp³-hybridized carbons (Fsp3) is 0.300. The van der Waals surface area contributed by atoms with Gasteiger partial charge >= 0.3 is 11.9 Å². The van der Waals surface area contributed by atoms with Crippen LogP contribution in [0.15, 0.2) is 36.4 Å². The van der Waals surface area contributed by atoms with Gasteiger partial charge in [-0.25, -0.2) is 4.79 Å². The van der Waals surface area contributed by atoms with Crippen LogP contribution < -0.4 is 0 Å². The molecule has 0 aliphatic carbocycles. The number of carboxylic acids is 1. The second kappa shape index (κ2) is 6.48. The van der Waals surface area contributed by atoms with Gasteiger partial charge < -0.3 is 9.84 Å². The number of ether oxygens (including phenoxy) is 1. The molecule has 0 heterocycles. The maximum absolute atomic E-state index is 12.5. The first-order chi connectivity index (χ1) is 11.2. The van der Waals surface area contributed by atoms with E-state index in [4.69, 9.17) is 4.74 Å². The molecule has 4 heteroatoms. The van der Waals surface area contributed by atoms with E-state index in [-0.39, 0.29) is 0 Å². The van der Waals surface area contributed by atoms with Gasteiger partial charge in [-0.2, -0.15) is 0 Å². The van der Waals surface area contributed by atoms with Crippen LogP contribution >= 0.6 is 0 Å². The number of carbonyl (C=O) groups excluding carboxylic acids is 1. The van der Waals surface area contributed by atoms with E-state index in [0.717, 1.165) is 22.3 Å². The summed E-state index contributed by atoms with van der Waals surface area (Å²) in [6.45, 7) is 8.56. The third-order valence-electron chi connectivity index (χ3n) is 4.26. The molecule has 0 spiro atoms. The zero-order chi connectivity index (χ0) is 18.1. The van der Waals surface area contributed by atoms with Gasteiger partial charge in [0.2, 0.25) is 0 Å². The highest BCUT2D eigenvalue weighted by Crippen LogP contribution is 2.41. The molecule has 0 bridgehead atoms. The van der Waals surface area contributed by atoms with Gasteiger partial charge in [-0.15, -0.1) is 0 Å². The normalized spacial score (nSPS) is 11.2. The molecule has 0 aromatic heterocycles. The number of aliphatic carboxylic acids is 1. The Hall–Kier alpha value is -2.62. The van der Waals surface area contributed by atoms with Crippen molar-refractivity contribution in [2.75, 3.05) is 0 Å². The molecule has 0 unspecified atom stereocenters. The van der Waals surface area contributed by atoms with E-state index in [1.807, 2.05) is 64.1 Å². The number of hydrogen-bond acceptors (Lipinski definition) is 3. The van der Waals surface area contributed by atoms with Crippen LogP contribution in [0.1, 0.15) is 40.3 Å². The number of rotatable bonds is 4. The monoisotopic (exact) mass is 326 g/mol. The minimum absolute atomic E-state index is 0.505. The van der Waals surface area contributed by atoms with E-state index in [1.54, 1.807) is 0 Å². The molecule has 0 fully saturated rings. The van der Waals surface area contributed by atoms with E-state index in [9.17, 15) is 14.7 Å². The predicted molar refractivity (Wildman–Crippen MR) is 92.0 cm³/mol. The lowest BCUT2D eigenvalue weighted by Gasteiger charge is -2.34. The van der Waals surface area contributed by atoms with Crippen LogP contribution in [0.4, 0.5) is 0 Å². The topological polar surface area (TPSA) is 63.6 Å². The molecule has 24 heavy (non-hydrogen) atoms. The van der Waals surface area contributed by atoms with Gasteiger partial charge in [0.05, 0.1) is 0 Å². The van der Waals surface area contributed by atoms with E-state index in [1.165, 1.54) is 6.92 Å². The van der Waals surface area contributed by atoms with E-state index < -0.39 is 17.5 Å². The fourth-order valence-corrected chi connectivity index (χ4v) is 3.44. The zero-order valence-corrected chi connectivity index (χ0v) is 14.6. The van der Waals surface area contributed by atoms with Gasteiger partial charge in [-0.05, 0) is 49.9 Å². The average Bonchev–Trinajstić information content (AvgIpc) is 2.45. The number of carbonyl (C=O) groups is 2. The minimum atomic E-state index is -1.86. The van der Waals surface area contributed by atoms with Crippen LogP contribution in [-0.2, 0) is 19.9 Å². The predicted octanol–water partition coefficient (Wildman–Crippen LogP) is 3.81. The number of carboxylic acid groups (broad SMARTS) is 1. The smallest absolute Gasteiger partial charge is 0.357 e. The van der Waals surface area contributed by atoms with Gasteiger partial charge in [-0.3, -0.25) is 4.79 Å². The first-order valence-corrected chi connectivity index (χ1v) is 7.78. The fourth-order valence-electron chi connectivity index (χ4n) is 3.44. The van der Waals surface area contributed by atoms with Gasteiger partial charge in [-0.1, -0.05) is 36.4 Å². The molecule has 2 aromatic carbocycles. The van der Waals surface area contributed by atoms with Crippen molar-refractivity contribution in [1.29, 1.82) is 0 Å². The summed E-state index contributed by atoms with van der Waals surface area (Å²) in [5.74, 6) is -1.84. The average molecular weight is 326 g/mol. The first-order valence-electron chi connectivity index (χ1n) is 7.78. The van der Waals surface area contributed by atoms with Crippen molar-refractivity contribution in [2.45, 2.75) is 40.2 Å². The van der Waals surface area contributed by atoms with Gasteiger partial charge in [0, 0.05) is 18.1 Å². The molecular weight excluding hydrogens is 304 g/mol.